The van der Waals surface area contributed by atoms with Gasteiger partial charge in [-0.05, 0) is 42.5 Å². The molecule has 1 aliphatic heterocycles. The molecular weight excluding hydrogens is 266 g/mol. The fourth-order valence-corrected chi connectivity index (χ4v) is 3.39. The van der Waals surface area contributed by atoms with E-state index >= 15 is 0 Å². The van der Waals surface area contributed by atoms with Crippen molar-refractivity contribution in [3.8, 4) is 0 Å². The molecule has 1 fully saturated rings. The summed E-state index contributed by atoms with van der Waals surface area (Å²) in [6.07, 6.45) is 2.50. The molecule has 104 valence electrons. The van der Waals surface area contributed by atoms with E-state index in [0.717, 1.165) is 18.1 Å². The van der Waals surface area contributed by atoms with Crippen LogP contribution in [0.25, 0.3) is 0 Å². The Kier molecular flexibility index (Phi) is 4.39. The lowest BCUT2D eigenvalue weighted by Crippen LogP contribution is -2.33. The third kappa shape index (κ3) is 3.23. The molecule has 0 spiro atoms. The van der Waals surface area contributed by atoms with Gasteiger partial charge in [-0.15, -0.1) is 0 Å². The molecule has 0 N–H and O–H groups in total. The van der Waals surface area contributed by atoms with Crippen LogP contribution in [0.1, 0.15) is 29.9 Å². The van der Waals surface area contributed by atoms with E-state index < -0.39 is 0 Å². The summed E-state index contributed by atoms with van der Waals surface area (Å²) in [5.41, 5.74) is 2.71. The number of piperidine rings is 1. The monoisotopic (exact) mass is 285 g/mol. The first-order valence-corrected chi connectivity index (χ1v) is 7.71. The molecule has 0 bridgehead atoms. The molecule has 0 aromatic heterocycles. The minimum Gasteiger partial charge on any atom is -0.298 e. The van der Waals surface area contributed by atoms with Crippen LogP contribution in [0.5, 0.6) is 0 Å². The maximum atomic E-state index is 6.35. The number of hydrogen-bond donors (Lipinski definition) is 0. The standard InChI is InChI=1S/C18H20ClN/c19-18-11-5-4-10-17(18)16-9-6-12-20(14-16)13-15-7-2-1-3-8-15/h1-5,7-8,10-11,16H,6,9,12-14H2. The van der Waals surface area contributed by atoms with Gasteiger partial charge in [-0.2, -0.15) is 0 Å². The van der Waals surface area contributed by atoms with Crippen LogP contribution in [-0.2, 0) is 6.54 Å². The second-order valence-corrected chi connectivity index (χ2v) is 5.99. The number of likely N-dealkylation sites (tertiary alicyclic amines) is 1. The first-order valence-electron chi connectivity index (χ1n) is 7.33. The van der Waals surface area contributed by atoms with Gasteiger partial charge in [0.15, 0.2) is 0 Å². The molecule has 20 heavy (non-hydrogen) atoms. The molecule has 2 aromatic carbocycles. The van der Waals surface area contributed by atoms with E-state index in [2.05, 4.69) is 47.4 Å². The molecule has 0 amide bonds. The van der Waals surface area contributed by atoms with Gasteiger partial charge in [-0.25, -0.2) is 0 Å². The van der Waals surface area contributed by atoms with Crippen molar-refractivity contribution in [2.45, 2.75) is 25.3 Å². The lowest BCUT2D eigenvalue weighted by molar-refractivity contribution is 0.200. The highest BCUT2D eigenvalue weighted by Gasteiger charge is 2.22. The van der Waals surface area contributed by atoms with Crippen molar-refractivity contribution in [2.75, 3.05) is 13.1 Å². The lowest BCUT2D eigenvalue weighted by atomic mass is 9.90. The van der Waals surface area contributed by atoms with Crippen molar-refractivity contribution in [1.29, 1.82) is 0 Å². The van der Waals surface area contributed by atoms with Gasteiger partial charge in [0.2, 0.25) is 0 Å². The van der Waals surface area contributed by atoms with Crippen molar-refractivity contribution < 1.29 is 0 Å². The number of rotatable bonds is 3. The Morgan fingerprint density at radius 1 is 1.00 bits per heavy atom. The van der Waals surface area contributed by atoms with Crippen molar-refractivity contribution in [3.63, 3.8) is 0 Å². The normalized spacial score (nSPS) is 19.9. The zero-order chi connectivity index (χ0) is 13.8. The van der Waals surface area contributed by atoms with Gasteiger partial charge in [-0.1, -0.05) is 60.1 Å². The molecule has 3 rings (SSSR count). The Morgan fingerprint density at radius 3 is 2.55 bits per heavy atom. The van der Waals surface area contributed by atoms with E-state index in [1.807, 2.05) is 12.1 Å². The van der Waals surface area contributed by atoms with Crippen molar-refractivity contribution in [3.05, 3.63) is 70.7 Å². The Morgan fingerprint density at radius 2 is 1.75 bits per heavy atom. The molecule has 0 saturated carbocycles. The van der Waals surface area contributed by atoms with Gasteiger partial charge in [0.05, 0.1) is 0 Å². The van der Waals surface area contributed by atoms with E-state index in [0.29, 0.717) is 5.92 Å². The molecular formula is C18H20ClN. The second-order valence-electron chi connectivity index (χ2n) is 5.58. The summed E-state index contributed by atoms with van der Waals surface area (Å²) >= 11 is 6.35. The third-order valence-corrected chi connectivity index (χ3v) is 4.44. The van der Waals surface area contributed by atoms with Gasteiger partial charge in [0, 0.05) is 18.1 Å². The lowest BCUT2D eigenvalue weighted by Gasteiger charge is -2.33. The first-order chi connectivity index (χ1) is 9.83. The highest BCUT2D eigenvalue weighted by atomic mass is 35.5. The Balaban J connectivity index is 1.69. The minimum absolute atomic E-state index is 0.571. The largest absolute Gasteiger partial charge is 0.298 e. The van der Waals surface area contributed by atoms with E-state index in [4.69, 9.17) is 11.6 Å². The average molecular weight is 286 g/mol. The molecule has 0 radical (unpaired) electrons. The maximum absolute atomic E-state index is 6.35. The minimum atomic E-state index is 0.571. The number of nitrogens with zero attached hydrogens (tertiary/aromatic N) is 1. The summed E-state index contributed by atoms with van der Waals surface area (Å²) < 4.78 is 0. The van der Waals surface area contributed by atoms with Crippen LogP contribution in [-0.4, -0.2) is 18.0 Å². The second kappa shape index (κ2) is 6.43. The van der Waals surface area contributed by atoms with Crippen LogP contribution in [0.4, 0.5) is 0 Å². The van der Waals surface area contributed by atoms with Gasteiger partial charge >= 0.3 is 0 Å². The van der Waals surface area contributed by atoms with E-state index in [9.17, 15) is 0 Å². The van der Waals surface area contributed by atoms with Crippen LogP contribution in [0.2, 0.25) is 5.02 Å². The van der Waals surface area contributed by atoms with Crippen LogP contribution >= 0.6 is 11.6 Å². The summed E-state index contributed by atoms with van der Waals surface area (Å²) in [6.45, 7) is 3.34. The summed E-state index contributed by atoms with van der Waals surface area (Å²) in [6, 6.07) is 19.0. The Bertz CT molecular complexity index is 552. The highest BCUT2D eigenvalue weighted by molar-refractivity contribution is 6.31. The smallest absolute Gasteiger partial charge is 0.0441 e. The summed E-state index contributed by atoms with van der Waals surface area (Å²) in [5, 5.41) is 0.916. The zero-order valence-electron chi connectivity index (χ0n) is 11.6. The van der Waals surface area contributed by atoms with E-state index in [1.54, 1.807) is 0 Å². The van der Waals surface area contributed by atoms with Crippen molar-refractivity contribution in [1.82, 2.24) is 4.90 Å². The molecule has 1 saturated heterocycles. The fourth-order valence-electron chi connectivity index (χ4n) is 3.10. The predicted molar refractivity (Wildman–Crippen MR) is 85.1 cm³/mol. The molecule has 2 aromatic rings. The summed E-state index contributed by atoms with van der Waals surface area (Å²) in [4.78, 5) is 2.55. The molecule has 2 heteroatoms. The zero-order valence-corrected chi connectivity index (χ0v) is 12.4. The van der Waals surface area contributed by atoms with Crippen molar-refractivity contribution >= 4 is 11.6 Å². The molecule has 1 nitrogen and oxygen atoms in total. The van der Waals surface area contributed by atoms with Gasteiger partial charge in [-0.3, -0.25) is 4.90 Å². The number of halogens is 1. The fraction of sp³-hybridized carbons (Fsp3) is 0.333. The topological polar surface area (TPSA) is 3.24 Å². The summed E-state index contributed by atoms with van der Waals surface area (Å²) in [5.74, 6) is 0.571. The van der Waals surface area contributed by atoms with Crippen LogP contribution in [0, 0.1) is 0 Å². The molecule has 1 heterocycles. The molecule has 1 aliphatic rings. The van der Waals surface area contributed by atoms with Crippen LogP contribution in [0.3, 0.4) is 0 Å². The Labute approximate surface area is 126 Å². The van der Waals surface area contributed by atoms with E-state index in [1.165, 1.54) is 30.5 Å². The third-order valence-electron chi connectivity index (χ3n) is 4.10. The van der Waals surface area contributed by atoms with E-state index in [-0.39, 0.29) is 0 Å². The van der Waals surface area contributed by atoms with Crippen molar-refractivity contribution in [2.24, 2.45) is 0 Å². The van der Waals surface area contributed by atoms with Gasteiger partial charge in [0.1, 0.15) is 0 Å². The average Bonchev–Trinajstić information content (AvgIpc) is 2.49. The highest BCUT2D eigenvalue weighted by Crippen LogP contribution is 2.32. The first kappa shape index (κ1) is 13.7. The summed E-state index contributed by atoms with van der Waals surface area (Å²) in [7, 11) is 0. The number of hydrogen-bond acceptors (Lipinski definition) is 1. The molecule has 0 aliphatic carbocycles. The number of benzene rings is 2. The SMILES string of the molecule is Clc1ccccc1C1CCCN(Cc2ccccc2)C1. The van der Waals surface area contributed by atoms with Crippen LogP contribution in [0.15, 0.2) is 54.6 Å². The quantitative estimate of drug-likeness (QED) is 0.789. The molecule has 1 unspecified atom stereocenters. The maximum Gasteiger partial charge on any atom is 0.0441 e. The van der Waals surface area contributed by atoms with Gasteiger partial charge < -0.3 is 0 Å². The molecule has 1 atom stereocenters. The van der Waals surface area contributed by atoms with Crippen LogP contribution < -0.4 is 0 Å². The predicted octanol–water partition coefficient (Wildman–Crippen LogP) is 4.72. The Hall–Kier alpha value is -1.31. The van der Waals surface area contributed by atoms with Gasteiger partial charge in [0.25, 0.3) is 0 Å².